The lowest BCUT2D eigenvalue weighted by Gasteiger charge is -2.14. The minimum atomic E-state index is -1.43. The van der Waals surface area contributed by atoms with Gasteiger partial charge in [0.2, 0.25) is 0 Å². The quantitative estimate of drug-likeness (QED) is 0.340. The topological polar surface area (TPSA) is 86.7 Å². The van der Waals surface area contributed by atoms with Crippen molar-refractivity contribution in [1.82, 2.24) is 0 Å². The summed E-state index contributed by atoms with van der Waals surface area (Å²) in [7, 11) is 0. The van der Waals surface area contributed by atoms with Crippen molar-refractivity contribution in [3.05, 3.63) is 0 Å². The minimum absolute atomic E-state index is 0.0670. The Hall–Kier alpha value is -1.72. The van der Waals surface area contributed by atoms with E-state index in [9.17, 15) is 19.2 Å². The van der Waals surface area contributed by atoms with Crippen LogP contribution in [0.5, 0.6) is 0 Å². The van der Waals surface area contributed by atoms with Crippen molar-refractivity contribution < 1.29 is 28.7 Å². The average Bonchev–Trinajstić information content (AvgIpc) is 2.25. The van der Waals surface area contributed by atoms with E-state index in [0.717, 1.165) is 0 Å². The van der Waals surface area contributed by atoms with Crippen molar-refractivity contribution in [3.8, 4) is 0 Å². The molecule has 90 valence electrons. The lowest BCUT2D eigenvalue weighted by Crippen LogP contribution is -2.34. The normalized spacial score (nSPS) is 13.4. The zero-order chi connectivity index (χ0) is 12.6. The molecule has 0 heterocycles. The van der Waals surface area contributed by atoms with Gasteiger partial charge < -0.3 is 19.1 Å². The minimum Gasteiger partial charge on any atom is -0.465 e. The first-order chi connectivity index (χ1) is 7.62. The Morgan fingerprint density at radius 1 is 0.938 bits per heavy atom. The molecular formula is C10H14O6. The van der Waals surface area contributed by atoms with E-state index in [4.69, 9.17) is 0 Å². The van der Waals surface area contributed by atoms with Gasteiger partial charge in [-0.05, 0) is 13.8 Å². The SMILES string of the molecule is CCOC(=O)C(C=O)C(C=O)C(=O)OCC. The van der Waals surface area contributed by atoms with Gasteiger partial charge in [0, 0.05) is 0 Å². The molecule has 0 saturated heterocycles. The Bertz CT molecular complexity index is 244. The molecule has 0 aromatic carbocycles. The molecule has 16 heavy (non-hydrogen) atoms. The van der Waals surface area contributed by atoms with E-state index >= 15 is 0 Å². The fraction of sp³-hybridized carbons (Fsp3) is 0.600. The molecule has 6 nitrogen and oxygen atoms in total. The lowest BCUT2D eigenvalue weighted by atomic mass is 9.95. The van der Waals surface area contributed by atoms with Gasteiger partial charge in [-0.1, -0.05) is 0 Å². The Kier molecular flexibility index (Phi) is 6.74. The zero-order valence-corrected chi connectivity index (χ0v) is 9.17. The largest absolute Gasteiger partial charge is 0.465 e. The predicted octanol–water partition coefficient (Wildman–Crippen LogP) is -0.257. The van der Waals surface area contributed by atoms with Crippen molar-refractivity contribution in [2.45, 2.75) is 13.8 Å². The fourth-order valence-electron chi connectivity index (χ4n) is 1.05. The zero-order valence-electron chi connectivity index (χ0n) is 9.17. The van der Waals surface area contributed by atoms with Crippen molar-refractivity contribution in [2.75, 3.05) is 13.2 Å². The summed E-state index contributed by atoms with van der Waals surface area (Å²) in [5.41, 5.74) is 0. The molecule has 0 fully saturated rings. The van der Waals surface area contributed by atoms with Gasteiger partial charge in [-0.2, -0.15) is 0 Å². The second-order valence-electron chi connectivity index (χ2n) is 2.83. The molecule has 2 unspecified atom stereocenters. The van der Waals surface area contributed by atoms with E-state index < -0.39 is 23.8 Å². The van der Waals surface area contributed by atoms with Crippen molar-refractivity contribution >= 4 is 24.5 Å². The molecule has 0 aliphatic rings. The summed E-state index contributed by atoms with van der Waals surface area (Å²) in [4.78, 5) is 43.9. The molecule has 0 bridgehead atoms. The summed E-state index contributed by atoms with van der Waals surface area (Å²) in [6.45, 7) is 3.25. The monoisotopic (exact) mass is 230 g/mol. The summed E-state index contributed by atoms with van der Waals surface area (Å²) in [6, 6.07) is 0. The van der Waals surface area contributed by atoms with E-state index in [2.05, 4.69) is 9.47 Å². The van der Waals surface area contributed by atoms with Gasteiger partial charge in [-0.15, -0.1) is 0 Å². The first kappa shape index (κ1) is 14.3. The number of carbonyl (C=O) groups is 4. The first-order valence-corrected chi connectivity index (χ1v) is 4.86. The van der Waals surface area contributed by atoms with Crippen LogP contribution in [0, 0.1) is 11.8 Å². The van der Waals surface area contributed by atoms with Gasteiger partial charge in [0.1, 0.15) is 24.4 Å². The van der Waals surface area contributed by atoms with Crippen LogP contribution in [0.2, 0.25) is 0 Å². The van der Waals surface area contributed by atoms with Gasteiger partial charge in [0.05, 0.1) is 13.2 Å². The highest BCUT2D eigenvalue weighted by molar-refractivity contribution is 6.00. The van der Waals surface area contributed by atoms with Crippen LogP contribution in [0.15, 0.2) is 0 Å². The smallest absolute Gasteiger partial charge is 0.317 e. The maximum absolute atomic E-state index is 11.3. The van der Waals surface area contributed by atoms with Crippen LogP contribution in [0.3, 0.4) is 0 Å². The van der Waals surface area contributed by atoms with Gasteiger partial charge in [0.25, 0.3) is 0 Å². The van der Waals surface area contributed by atoms with Crippen LogP contribution in [0.4, 0.5) is 0 Å². The average molecular weight is 230 g/mol. The molecular weight excluding hydrogens is 216 g/mol. The van der Waals surface area contributed by atoms with Crippen LogP contribution in [0.1, 0.15) is 13.8 Å². The Labute approximate surface area is 92.9 Å². The Morgan fingerprint density at radius 2 is 1.25 bits per heavy atom. The van der Waals surface area contributed by atoms with E-state index in [1.54, 1.807) is 13.8 Å². The van der Waals surface area contributed by atoms with E-state index in [1.165, 1.54) is 0 Å². The molecule has 0 aliphatic heterocycles. The van der Waals surface area contributed by atoms with Gasteiger partial charge in [0.15, 0.2) is 0 Å². The summed E-state index contributed by atoms with van der Waals surface area (Å²) in [6.07, 6.45) is 0.432. The predicted molar refractivity (Wildman–Crippen MR) is 52.4 cm³/mol. The van der Waals surface area contributed by atoms with Crippen molar-refractivity contribution in [1.29, 1.82) is 0 Å². The maximum atomic E-state index is 11.3. The highest BCUT2D eigenvalue weighted by atomic mass is 16.5. The third-order valence-corrected chi connectivity index (χ3v) is 1.80. The Morgan fingerprint density at radius 3 is 1.44 bits per heavy atom. The highest BCUT2D eigenvalue weighted by Crippen LogP contribution is 2.12. The number of hydrogen-bond donors (Lipinski definition) is 0. The second kappa shape index (κ2) is 7.56. The third-order valence-electron chi connectivity index (χ3n) is 1.80. The molecule has 0 aliphatic carbocycles. The first-order valence-electron chi connectivity index (χ1n) is 4.86. The van der Waals surface area contributed by atoms with Crippen LogP contribution < -0.4 is 0 Å². The summed E-state index contributed by atoms with van der Waals surface area (Å²) < 4.78 is 9.14. The summed E-state index contributed by atoms with van der Waals surface area (Å²) in [5, 5.41) is 0. The molecule has 0 amide bonds. The third kappa shape index (κ3) is 3.80. The molecule has 0 aromatic heterocycles. The number of hydrogen-bond acceptors (Lipinski definition) is 6. The number of rotatable bonds is 7. The summed E-state index contributed by atoms with van der Waals surface area (Å²) >= 11 is 0. The van der Waals surface area contributed by atoms with Crippen molar-refractivity contribution in [2.24, 2.45) is 11.8 Å². The number of aldehydes is 2. The van der Waals surface area contributed by atoms with Gasteiger partial charge >= 0.3 is 11.9 Å². The molecule has 0 radical (unpaired) electrons. The summed E-state index contributed by atoms with van der Waals surface area (Å²) in [5.74, 6) is -4.67. The molecule has 0 saturated carbocycles. The maximum Gasteiger partial charge on any atom is 0.317 e. The molecule has 0 aromatic rings. The Balaban J connectivity index is 4.74. The highest BCUT2D eigenvalue weighted by Gasteiger charge is 2.35. The second-order valence-corrected chi connectivity index (χ2v) is 2.83. The van der Waals surface area contributed by atoms with E-state index in [-0.39, 0.29) is 25.8 Å². The number of carbonyl (C=O) groups excluding carboxylic acids is 4. The standard InChI is InChI=1S/C10H14O6/c1-3-15-9(13)7(5-11)8(6-12)10(14)16-4-2/h5-8H,3-4H2,1-2H3. The van der Waals surface area contributed by atoms with Crippen LogP contribution >= 0.6 is 0 Å². The van der Waals surface area contributed by atoms with Crippen LogP contribution in [-0.4, -0.2) is 37.7 Å². The number of esters is 2. The lowest BCUT2D eigenvalue weighted by molar-refractivity contribution is -0.162. The fourth-order valence-corrected chi connectivity index (χ4v) is 1.05. The van der Waals surface area contributed by atoms with E-state index in [0.29, 0.717) is 0 Å². The van der Waals surface area contributed by atoms with Crippen LogP contribution in [0.25, 0.3) is 0 Å². The molecule has 0 spiro atoms. The number of ether oxygens (including phenoxy) is 2. The van der Waals surface area contributed by atoms with E-state index in [1.807, 2.05) is 0 Å². The molecule has 2 atom stereocenters. The van der Waals surface area contributed by atoms with Crippen molar-refractivity contribution in [3.63, 3.8) is 0 Å². The molecule has 0 rings (SSSR count). The van der Waals surface area contributed by atoms with Gasteiger partial charge in [-0.25, -0.2) is 0 Å². The molecule has 6 heteroatoms. The van der Waals surface area contributed by atoms with Crippen LogP contribution in [-0.2, 0) is 28.7 Å². The molecule has 0 N–H and O–H groups in total. The van der Waals surface area contributed by atoms with Gasteiger partial charge in [-0.3, -0.25) is 9.59 Å².